The van der Waals surface area contributed by atoms with Crippen molar-refractivity contribution in [3.63, 3.8) is 0 Å². The van der Waals surface area contributed by atoms with Crippen molar-refractivity contribution in [3.05, 3.63) is 65.2 Å². The van der Waals surface area contributed by atoms with Crippen LogP contribution in [-0.4, -0.2) is 59.9 Å². The minimum atomic E-state index is -0.501. The molecule has 0 bridgehead atoms. The number of hydrogen-bond donors (Lipinski definition) is 3. The number of likely N-dealkylation sites (tertiary alicyclic amines) is 1. The van der Waals surface area contributed by atoms with Gasteiger partial charge in [0.25, 0.3) is 5.91 Å². The topological polar surface area (TPSA) is 114 Å². The number of nitrogen functional groups attached to an aromatic ring is 1. The molecule has 37 heavy (non-hydrogen) atoms. The van der Waals surface area contributed by atoms with Gasteiger partial charge in [-0.05, 0) is 68.9 Å². The number of carbonyl (C=O) groups is 3. The lowest BCUT2D eigenvalue weighted by atomic mass is 10.0. The molecule has 2 heterocycles. The van der Waals surface area contributed by atoms with E-state index in [-0.39, 0.29) is 24.0 Å². The van der Waals surface area contributed by atoms with Crippen LogP contribution in [-0.2, 0) is 20.7 Å². The minimum absolute atomic E-state index is 0.0111. The van der Waals surface area contributed by atoms with Crippen LogP contribution in [0.2, 0.25) is 0 Å². The molecule has 2 aromatic carbocycles. The first kappa shape index (κ1) is 28.4. The maximum absolute atomic E-state index is 12.1. The smallest absolute Gasteiger partial charge is 0.251 e. The summed E-state index contributed by atoms with van der Waals surface area (Å²) in [5.74, 6) is -0.254. The molecule has 3 amide bonds. The van der Waals surface area contributed by atoms with Gasteiger partial charge in [0.15, 0.2) is 0 Å². The monoisotopic (exact) mass is 524 g/mol. The molecule has 3 atom stereocenters. The minimum Gasteiger partial charge on any atom is -0.399 e. The van der Waals surface area contributed by atoms with E-state index in [1.54, 1.807) is 30.0 Å². The quantitative estimate of drug-likeness (QED) is 0.279. The summed E-state index contributed by atoms with van der Waals surface area (Å²) in [5.41, 5.74) is 9.88. The number of amides is 3. The van der Waals surface area contributed by atoms with E-state index in [4.69, 9.17) is 10.5 Å². The maximum atomic E-state index is 12.1. The average Bonchev–Trinajstić information content (AvgIpc) is 3.55. The molecule has 2 aliphatic heterocycles. The van der Waals surface area contributed by atoms with Crippen LogP contribution in [0.4, 0.5) is 5.69 Å². The van der Waals surface area contributed by atoms with E-state index in [2.05, 4.69) is 31.6 Å². The SMILES string of the molecule is Cc1cc(C(=O)NC(C)C(=O)N2CCCC2)ccc1N.O=CNC1CC(=P)OC1CCc1ccccc1. The number of hydrogen-bond acceptors (Lipinski definition) is 5. The van der Waals surface area contributed by atoms with Gasteiger partial charge in [0.1, 0.15) is 6.04 Å². The number of rotatable bonds is 8. The van der Waals surface area contributed by atoms with Crippen molar-refractivity contribution in [2.45, 2.75) is 64.1 Å². The van der Waals surface area contributed by atoms with Gasteiger partial charge >= 0.3 is 0 Å². The summed E-state index contributed by atoms with van der Waals surface area (Å²) in [6, 6.07) is 15.0. The van der Waals surface area contributed by atoms with Crippen LogP contribution in [0, 0.1) is 6.92 Å². The van der Waals surface area contributed by atoms with Crippen molar-refractivity contribution in [2.24, 2.45) is 0 Å². The van der Waals surface area contributed by atoms with Gasteiger partial charge in [-0.25, -0.2) is 0 Å². The highest BCUT2D eigenvalue weighted by Gasteiger charge is 2.30. The van der Waals surface area contributed by atoms with Crippen molar-refractivity contribution < 1.29 is 19.1 Å². The molecule has 2 fully saturated rings. The summed E-state index contributed by atoms with van der Waals surface area (Å²) in [5, 5.41) is 5.55. The van der Waals surface area contributed by atoms with Crippen LogP contribution in [0.1, 0.15) is 54.1 Å². The molecular formula is C28H37N4O4P. The summed E-state index contributed by atoms with van der Waals surface area (Å²) in [4.78, 5) is 36.5. The van der Waals surface area contributed by atoms with Gasteiger partial charge in [0.05, 0.1) is 17.6 Å². The van der Waals surface area contributed by atoms with E-state index in [0.29, 0.717) is 11.3 Å². The van der Waals surface area contributed by atoms with E-state index in [1.807, 2.05) is 25.1 Å². The first-order chi connectivity index (χ1) is 17.8. The third-order valence-electron chi connectivity index (χ3n) is 6.66. The third-order valence-corrected chi connectivity index (χ3v) is 6.98. The van der Waals surface area contributed by atoms with E-state index in [1.165, 1.54) is 5.56 Å². The zero-order valence-corrected chi connectivity index (χ0v) is 22.5. The Balaban J connectivity index is 0.000000208. The highest BCUT2D eigenvalue weighted by Crippen LogP contribution is 2.21. The Morgan fingerprint density at radius 3 is 2.54 bits per heavy atom. The van der Waals surface area contributed by atoms with Crippen LogP contribution >= 0.6 is 8.86 Å². The van der Waals surface area contributed by atoms with Crippen molar-refractivity contribution in [2.75, 3.05) is 18.8 Å². The second-order valence-electron chi connectivity index (χ2n) is 9.50. The Hall–Kier alpha value is -3.22. The molecule has 0 aliphatic carbocycles. The average molecular weight is 525 g/mol. The number of benzene rings is 2. The zero-order chi connectivity index (χ0) is 26.8. The van der Waals surface area contributed by atoms with Crippen LogP contribution in [0.15, 0.2) is 48.5 Å². The van der Waals surface area contributed by atoms with Crippen molar-refractivity contribution in [3.8, 4) is 0 Å². The summed E-state index contributed by atoms with van der Waals surface area (Å²) < 4.78 is 5.66. The fourth-order valence-corrected chi connectivity index (χ4v) is 4.85. The molecule has 198 valence electrons. The van der Waals surface area contributed by atoms with Crippen molar-refractivity contribution in [1.29, 1.82) is 0 Å². The molecule has 0 saturated carbocycles. The summed E-state index contributed by atoms with van der Waals surface area (Å²) >= 11 is 0. The van der Waals surface area contributed by atoms with Gasteiger partial charge in [0.2, 0.25) is 12.3 Å². The normalized spacial score (nSPS) is 19.5. The van der Waals surface area contributed by atoms with Gasteiger partial charge in [-0.15, -0.1) is 0 Å². The van der Waals surface area contributed by atoms with Crippen molar-refractivity contribution >= 4 is 38.3 Å². The van der Waals surface area contributed by atoms with Crippen LogP contribution in [0.5, 0.6) is 0 Å². The number of carbonyl (C=O) groups excluding carboxylic acids is 3. The largest absolute Gasteiger partial charge is 0.399 e. The lowest BCUT2D eigenvalue weighted by molar-refractivity contribution is -0.131. The third kappa shape index (κ3) is 8.41. The maximum Gasteiger partial charge on any atom is 0.251 e. The Labute approximate surface area is 221 Å². The second-order valence-corrected chi connectivity index (χ2v) is 10.1. The number of aryl methyl sites for hydroxylation is 2. The van der Waals surface area contributed by atoms with E-state index in [0.717, 1.165) is 62.6 Å². The van der Waals surface area contributed by atoms with Crippen molar-refractivity contribution in [1.82, 2.24) is 15.5 Å². The summed E-state index contributed by atoms with van der Waals surface area (Å²) in [7, 11) is 3.40. The van der Waals surface area contributed by atoms with Gasteiger partial charge in [-0.3, -0.25) is 14.4 Å². The summed E-state index contributed by atoms with van der Waals surface area (Å²) in [6.07, 6.45) is 5.51. The Morgan fingerprint density at radius 1 is 1.19 bits per heavy atom. The zero-order valence-electron chi connectivity index (χ0n) is 21.5. The molecule has 2 aliphatic rings. The number of nitrogens with zero attached hydrogens (tertiary/aromatic N) is 1. The molecule has 0 spiro atoms. The van der Waals surface area contributed by atoms with Gasteiger partial charge in [0, 0.05) is 30.8 Å². The van der Waals surface area contributed by atoms with Gasteiger partial charge < -0.3 is 26.0 Å². The van der Waals surface area contributed by atoms with E-state index < -0.39 is 6.04 Å². The van der Waals surface area contributed by atoms with Gasteiger partial charge in [-0.2, -0.15) is 0 Å². The van der Waals surface area contributed by atoms with Crippen LogP contribution in [0.25, 0.3) is 0 Å². The predicted octanol–water partition coefficient (Wildman–Crippen LogP) is 3.11. The fourth-order valence-electron chi connectivity index (χ4n) is 4.48. The fraction of sp³-hybridized carbons (Fsp3) is 0.429. The highest BCUT2D eigenvalue weighted by atomic mass is 31.0. The van der Waals surface area contributed by atoms with E-state index >= 15 is 0 Å². The molecule has 4 rings (SSSR count). The number of nitrogens with two attached hydrogens (primary N) is 1. The predicted molar refractivity (Wildman–Crippen MR) is 149 cm³/mol. The number of anilines is 1. The number of ether oxygens (including phenoxy) is 1. The molecular weight excluding hydrogens is 487 g/mol. The molecule has 0 aromatic heterocycles. The summed E-state index contributed by atoms with van der Waals surface area (Å²) in [6.45, 7) is 5.16. The molecule has 2 saturated heterocycles. The Bertz CT molecular complexity index is 1090. The lowest BCUT2D eigenvalue weighted by Crippen LogP contribution is -2.45. The molecule has 9 heteroatoms. The van der Waals surface area contributed by atoms with E-state index in [9.17, 15) is 14.4 Å². The van der Waals surface area contributed by atoms with Crippen LogP contribution < -0.4 is 16.4 Å². The second kappa shape index (κ2) is 13.9. The van der Waals surface area contributed by atoms with Gasteiger partial charge in [-0.1, -0.05) is 39.2 Å². The standard InChI is InChI=1S/C15H21N3O2.C13H16NO2P/c1-10-9-12(5-6-13(10)16)14(19)17-11(2)15(20)18-7-3-4-8-18;15-9-14-11-8-13(17)16-12(11)7-6-10-4-2-1-3-5-10/h5-6,9,11H,3-4,7-8,16H2,1-2H3,(H,17,19);1-5,9,11-12,17H,6-8H2,(H,14,15). The van der Waals surface area contributed by atoms with Crippen LogP contribution in [0.3, 0.4) is 0 Å². The first-order valence-electron chi connectivity index (χ1n) is 12.7. The lowest BCUT2D eigenvalue weighted by Gasteiger charge is -2.21. The number of nitrogens with one attached hydrogen (secondary N) is 2. The first-order valence-corrected chi connectivity index (χ1v) is 13.2. The highest BCUT2D eigenvalue weighted by molar-refractivity contribution is 7.20. The molecule has 8 nitrogen and oxygen atoms in total. The Kier molecular flexibility index (Phi) is 10.7. The Morgan fingerprint density at radius 2 is 1.89 bits per heavy atom. The molecule has 3 unspecified atom stereocenters. The molecule has 2 aromatic rings. The molecule has 0 radical (unpaired) electrons. The molecule has 4 N–H and O–H groups in total.